The van der Waals surface area contributed by atoms with E-state index in [1.54, 1.807) is 25.1 Å². The van der Waals surface area contributed by atoms with E-state index < -0.39 is 11.9 Å². The summed E-state index contributed by atoms with van der Waals surface area (Å²) in [4.78, 5) is 32.8. The van der Waals surface area contributed by atoms with E-state index in [1.807, 2.05) is 30.3 Å². The molecule has 130 valence electrons. The molecule has 0 atom stereocenters. The highest BCUT2D eigenvalue weighted by Crippen LogP contribution is 2.20. The lowest BCUT2D eigenvalue weighted by atomic mass is 10.1. The maximum atomic E-state index is 12.1. The molecule has 3 aromatic rings. The molecule has 0 fully saturated rings. The Hall–Kier alpha value is -3.25. The van der Waals surface area contributed by atoms with Crippen molar-refractivity contribution < 1.29 is 9.59 Å². The Morgan fingerprint density at radius 3 is 2.38 bits per heavy atom. The van der Waals surface area contributed by atoms with Gasteiger partial charge >= 0.3 is 6.03 Å². The van der Waals surface area contributed by atoms with Crippen LogP contribution in [0.1, 0.15) is 16.1 Å². The summed E-state index contributed by atoms with van der Waals surface area (Å²) < 4.78 is 0. The molecule has 0 aliphatic carbocycles. The van der Waals surface area contributed by atoms with E-state index in [2.05, 4.69) is 20.6 Å². The van der Waals surface area contributed by atoms with Crippen molar-refractivity contribution >= 4 is 29.4 Å². The zero-order valence-electron chi connectivity index (χ0n) is 13.9. The number of hydrogen-bond donors (Lipinski definition) is 2. The fraction of sp³-hybridized carbons (Fsp3) is 0.0526. The van der Waals surface area contributed by atoms with Crippen LogP contribution < -0.4 is 10.6 Å². The van der Waals surface area contributed by atoms with Crippen molar-refractivity contribution in [2.24, 2.45) is 0 Å². The van der Waals surface area contributed by atoms with Crippen LogP contribution in [-0.2, 0) is 0 Å². The third-order valence-corrected chi connectivity index (χ3v) is 3.91. The molecule has 26 heavy (non-hydrogen) atoms. The molecule has 3 amide bonds. The van der Waals surface area contributed by atoms with Gasteiger partial charge < -0.3 is 0 Å². The van der Waals surface area contributed by atoms with Crippen molar-refractivity contribution in [2.75, 3.05) is 5.32 Å². The van der Waals surface area contributed by atoms with Gasteiger partial charge in [0, 0.05) is 5.56 Å². The number of nitrogens with zero attached hydrogens (tertiary/aromatic N) is 2. The highest BCUT2D eigenvalue weighted by molar-refractivity contribution is 6.34. The Balaban J connectivity index is 1.69. The van der Waals surface area contributed by atoms with Crippen molar-refractivity contribution in [2.45, 2.75) is 6.92 Å². The molecule has 1 aromatic heterocycles. The fourth-order valence-corrected chi connectivity index (χ4v) is 2.61. The monoisotopic (exact) mass is 366 g/mol. The summed E-state index contributed by atoms with van der Waals surface area (Å²) in [5.41, 5.74) is 2.53. The number of hydrogen-bond acceptors (Lipinski definition) is 4. The number of nitrogens with one attached hydrogen (secondary N) is 2. The van der Waals surface area contributed by atoms with Gasteiger partial charge in [0.25, 0.3) is 5.91 Å². The van der Waals surface area contributed by atoms with Crippen LogP contribution >= 0.6 is 11.6 Å². The van der Waals surface area contributed by atoms with Gasteiger partial charge in [-0.05, 0) is 19.1 Å². The summed E-state index contributed by atoms with van der Waals surface area (Å²) >= 11 is 5.94. The molecular formula is C19H15ClN4O2. The smallest absolute Gasteiger partial charge is 0.291 e. The quantitative estimate of drug-likeness (QED) is 0.731. The molecule has 0 saturated carbocycles. The lowest BCUT2D eigenvalue weighted by molar-refractivity contribution is 0.0967. The second-order valence-electron chi connectivity index (χ2n) is 5.44. The molecule has 2 aromatic carbocycles. The fourth-order valence-electron chi connectivity index (χ4n) is 2.38. The average molecular weight is 367 g/mol. The summed E-state index contributed by atoms with van der Waals surface area (Å²) in [6.07, 6.45) is 1.44. The minimum absolute atomic E-state index is 0.214. The zero-order chi connectivity index (χ0) is 18.5. The van der Waals surface area contributed by atoms with E-state index in [1.165, 1.54) is 12.3 Å². The van der Waals surface area contributed by atoms with Crippen LogP contribution in [0.25, 0.3) is 11.3 Å². The second-order valence-corrected chi connectivity index (χ2v) is 5.85. The van der Waals surface area contributed by atoms with Crippen LogP contribution in [0.15, 0.2) is 60.8 Å². The Kier molecular flexibility index (Phi) is 5.24. The van der Waals surface area contributed by atoms with Gasteiger partial charge in [0.05, 0.1) is 28.2 Å². The molecule has 3 rings (SSSR count). The van der Waals surface area contributed by atoms with Crippen LogP contribution in [0.2, 0.25) is 5.02 Å². The van der Waals surface area contributed by atoms with Crippen LogP contribution in [-0.4, -0.2) is 21.9 Å². The number of aromatic nitrogens is 2. The first-order valence-electron chi connectivity index (χ1n) is 7.80. The van der Waals surface area contributed by atoms with Gasteiger partial charge in [-0.15, -0.1) is 0 Å². The van der Waals surface area contributed by atoms with Crippen molar-refractivity contribution in [3.8, 4) is 11.3 Å². The van der Waals surface area contributed by atoms with Gasteiger partial charge in [-0.1, -0.05) is 54.1 Å². The minimum Gasteiger partial charge on any atom is -0.291 e. The van der Waals surface area contributed by atoms with E-state index >= 15 is 0 Å². The van der Waals surface area contributed by atoms with Crippen LogP contribution in [0.4, 0.5) is 10.6 Å². The van der Waals surface area contributed by atoms with Crippen molar-refractivity contribution in [1.29, 1.82) is 0 Å². The molecule has 0 aliphatic heterocycles. The number of rotatable bonds is 3. The third kappa shape index (κ3) is 4.04. The Bertz CT molecular complexity index is 961. The number of benzene rings is 2. The maximum Gasteiger partial charge on any atom is 0.327 e. The normalized spacial score (nSPS) is 10.2. The number of amides is 3. The van der Waals surface area contributed by atoms with Gasteiger partial charge in [-0.25, -0.2) is 9.78 Å². The summed E-state index contributed by atoms with van der Waals surface area (Å²) in [6, 6.07) is 15.4. The largest absolute Gasteiger partial charge is 0.327 e. The standard InChI is InChI=1S/C19H15ClN4O2/c1-12-17(13-7-3-2-4-8-13)21-11-16(22-12)23-19(26)24-18(25)14-9-5-6-10-15(14)20/h2-11H,1H3,(H2,22,23,24,25,26). The number of anilines is 1. The van der Waals surface area contributed by atoms with E-state index in [9.17, 15) is 9.59 Å². The van der Waals surface area contributed by atoms with Gasteiger partial charge in [0.15, 0.2) is 5.82 Å². The van der Waals surface area contributed by atoms with E-state index in [4.69, 9.17) is 11.6 Å². The van der Waals surface area contributed by atoms with Crippen molar-refractivity contribution in [1.82, 2.24) is 15.3 Å². The topological polar surface area (TPSA) is 84.0 Å². The Morgan fingerprint density at radius 2 is 1.69 bits per heavy atom. The number of aryl methyl sites for hydroxylation is 1. The molecule has 0 bridgehead atoms. The number of imide groups is 1. The van der Waals surface area contributed by atoms with Crippen molar-refractivity contribution in [3.63, 3.8) is 0 Å². The summed E-state index contributed by atoms with van der Waals surface area (Å²) in [6.45, 7) is 1.80. The number of halogens is 1. The zero-order valence-corrected chi connectivity index (χ0v) is 14.6. The summed E-state index contributed by atoms with van der Waals surface area (Å²) in [5, 5.41) is 4.97. The Labute approximate surface area is 155 Å². The predicted molar refractivity (Wildman–Crippen MR) is 100 cm³/mol. The average Bonchev–Trinajstić information content (AvgIpc) is 2.62. The van der Waals surface area contributed by atoms with Gasteiger partial charge in [-0.2, -0.15) is 0 Å². The lowest BCUT2D eigenvalue weighted by Gasteiger charge is -2.09. The molecule has 0 radical (unpaired) electrons. The van der Waals surface area contributed by atoms with Crippen LogP contribution in [0.3, 0.4) is 0 Å². The van der Waals surface area contributed by atoms with E-state index in [0.717, 1.165) is 11.3 Å². The van der Waals surface area contributed by atoms with Crippen molar-refractivity contribution in [3.05, 3.63) is 77.1 Å². The summed E-state index contributed by atoms with van der Waals surface area (Å²) in [7, 11) is 0. The first-order valence-corrected chi connectivity index (χ1v) is 8.18. The highest BCUT2D eigenvalue weighted by atomic mass is 35.5. The Morgan fingerprint density at radius 1 is 1.00 bits per heavy atom. The molecule has 0 aliphatic rings. The first-order chi connectivity index (χ1) is 12.5. The molecular weight excluding hydrogens is 352 g/mol. The maximum absolute atomic E-state index is 12.1. The molecule has 0 unspecified atom stereocenters. The van der Waals surface area contributed by atoms with Crippen LogP contribution in [0.5, 0.6) is 0 Å². The summed E-state index contributed by atoms with van der Waals surface area (Å²) in [5.74, 6) is -0.356. The number of urea groups is 1. The van der Waals surface area contributed by atoms with Gasteiger partial charge in [-0.3, -0.25) is 20.4 Å². The first kappa shape index (κ1) is 17.6. The molecule has 6 nitrogen and oxygen atoms in total. The predicted octanol–water partition coefficient (Wildman–Crippen LogP) is 4.07. The molecule has 0 spiro atoms. The van der Waals surface area contributed by atoms with E-state index in [0.29, 0.717) is 5.69 Å². The molecule has 7 heteroatoms. The SMILES string of the molecule is Cc1nc(NC(=O)NC(=O)c2ccccc2Cl)cnc1-c1ccccc1. The number of carbonyl (C=O) groups is 2. The highest BCUT2D eigenvalue weighted by Gasteiger charge is 2.14. The van der Waals surface area contributed by atoms with E-state index in [-0.39, 0.29) is 16.4 Å². The van der Waals surface area contributed by atoms with Gasteiger partial charge in [0.2, 0.25) is 0 Å². The van der Waals surface area contributed by atoms with Crippen LogP contribution in [0, 0.1) is 6.92 Å². The second kappa shape index (κ2) is 7.76. The molecule has 0 saturated heterocycles. The third-order valence-electron chi connectivity index (χ3n) is 3.58. The molecule has 1 heterocycles. The lowest BCUT2D eigenvalue weighted by Crippen LogP contribution is -2.34. The van der Waals surface area contributed by atoms with Gasteiger partial charge in [0.1, 0.15) is 0 Å². The minimum atomic E-state index is -0.712. The number of carbonyl (C=O) groups excluding carboxylic acids is 2. The molecule has 2 N–H and O–H groups in total.